The van der Waals surface area contributed by atoms with E-state index in [2.05, 4.69) is 18.7 Å². The van der Waals surface area contributed by atoms with Gasteiger partial charge in [-0.2, -0.15) is 0 Å². The van der Waals surface area contributed by atoms with Crippen LogP contribution in [0.4, 0.5) is 0 Å². The lowest BCUT2D eigenvalue weighted by atomic mass is 9.94. The fourth-order valence-electron chi connectivity index (χ4n) is 2.08. The molecule has 3 heteroatoms. The molecule has 0 amide bonds. The molecule has 0 aromatic carbocycles. The molecule has 0 bridgehead atoms. The highest BCUT2D eigenvalue weighted by Crippen LogP contribution is 2.20. The summed E-state index contributed by atoms with van der Waals surface area (Å²) in [5.41, 5.74) is 0. The Morgan fingerprint density at radius 1 is 1.47 bits per heavy atom. The third-order valence-corrected chi connectivity index (χ3v) is 2.75. The van der Waals surface area contributed by atoms with Crippen LogP contribution in [0.3, 0.4) is 0 Å². The van der Waals surface area contributed by atoms with Crippen molar-refractivity contribution in [3.63, 3.8) is 0 Å². The van der Waals surface area contributed by atoms with Gasteiger partial charge in [-0.1, -0.05) is 20.3 Å². The highest BCUT2D eigenvalue weighted by atomic mass is 16.4. The second-order valence-electron chi connectivity index (χ2n) is 4.21. The highest BCUT2D eigenvalue weighted by Gasteiger charge is 2.16. The van der Waals surface area contributed by atoms with Gasteiger partial charge in [-0.25, -0.2) is 0 Å². The quantitative estimate of drug-likeness (QED) is 0.786. The van der Waals surface area contributed by atoms with Crippen LogP contribution in [0.15, 0.2) is 0 Å². The van der Waals surface area contributed by atoms with Crippen LogP contribution in [-0.4, -0.2) is 35.6 Å². The fraction of sp³-hybridized carbons (Fsp3) is 0.917. The molecule has 90 valence electrons. The standard InChI is InChI=1S/C10H21N.C2H4O2/c1-3-6-10-7-5-8-11(4-2)9-10;1-2(3)4/h10H,3-9H2,1-2H3;1H3,(H,3,4). The average Bonchev–Trinajstić information content (AvgIpc) is 2.18. The van der Waals surface area contributed by atoms with Gasteiger partial charge in [0.2, 0.25) is 0 Å². The first kappa shape index (κ1) is 14.4. The molecule has 1 aliphatic heterocycles. The number of likely N-dealkylation sites (tertiary alicyclic amines) is 1. The maximum atomic E-state index is 9.00. The Morgan fingerprint density at radius 3 is 2.53 bits per heavy atom. The summed E-state index contributed by atoms with van der Waals surface area (Å²) < 4.78 is 0. The minimum Gasteiger partial charge on any atom is -0.481 e. The van der Waals surface area contributed by atoms with Crippen LogP contribution in [-0.2, 0) is 4.79 Å². The molecular weight excluding hydrogens is 190 g/mol. The number of hydrogen-bond donors (Lipinski definition) is 1. The topological polar surface area (TPSA) is 40.5 Å². The molecule has 15 heavy (non-hydrogen) atoms. The van der Waals surface area contributed by atoms with E-state index in [1.165, 1.54) is 45.3 Å². The van der Waals surface area contributed by atoms with E-state index in [0.29, 0.717) is 0 Å². The van der Waals surface area contributed by atoms with Crippen LogP contribution < -0.4 is 0 Å². The van der Waals surface area contributed by atoms with Crippen molar-refractivity contribution in [2.24, 2.45) is 5.92 Å². The Kier molecular flexibility index (Phi) is 8.38. The largest absolute Gasteiger partial charge is 0.481 e. The fourth-order valence-corrected chi connectivity index (χ4v) is 2.08. The normalized spacial score (nSPS) is 21.7. The maximum absolute atomic E-state index is 9.00. The van der Waals surface area contributed by atoms with Gasteiger partial charge in [0, 0.05) is 13.5 Å². The lowest BCUT2D eigenvalue weighted by Gasteiger charge is -2.31. The minimum absolute atomic E-state index is 0.833. The van der Waals surface area contributed by atoms with Gasteiger partial charge >= 0.3 is 0 Å². The Balaban J connectivity index is 0.000000423. The van der Waals surface area contributed by atoms with Gasteiger partial charge in [0.25, 0.3) is 5.97 Å². The number of hydrogen-bond acceptors (Lipinski definition) is 2. The number of carboxylic acid groups (broad SMARTS) is 1. The molecule has 1 aliphatic rings. The van der Waals surface area contributed by atoms with E-state index in [9.17, 15) is 0 Å². The summed E-state index contributed by atoms with van der Waals surface area (Å²) in [7, 11) is 0. The van der Waals surface area contributed by atoms with Crippen molar-refractivity contribution in [2.75, 3.05) is 19.6 Å². The van der Waals surface area contributed by atoms with Gasteiger partial charge in [0.1, 0.15) is 0 Å². The van der Waals surface area contributed by atoms with E-state index >= 15 is 0 Å². The highest BCUT2D eigenvalue weighted by molar-refractivity contribution is 5.62. The lowest BCUT2D eigenvalue weighted by molar-refractivity contribution is -0.134. The van der Waals surface area contributed by atoms with Crippen molar-refractivity contribution in [1.29, 1.82) is 0 Å². The molecule has 1 unspecified atom stereocenters. The number of piperidine rings is 1. The predicted octanol–water partition coefficient (Wildman–Crippen LogP) is 2.61. The molecule has 0 aromatic rings. The van der Waals surface area contributed by atoms with Gasteiger partial charge in [-0.3, -0.25) is 4.79 Å². The Hall–Kier alpha value is -0.570. The zero-order chi connectivity index (χ0) is 11.7. The van der Waals surface area contributed by atoms with Crippen LogP contribution in [0.2, 0.25) is 0 Å². The van der Waals surface area contributed by atoms with Gasteiger partial charge in [-0.15, -0.1) is 0 Å². The summed E-state index contributed by atoms with van der Waals surface area (Å²) in [6.07, 6.45) is 5.71. The number of rotatable bonds is 3. The van der Waals surface area contributed by atoms with Crippen molar-refractivity contribution in [3.05, 3.63) is 0 Å². The Morgan fingerprint density at radius 2 is 2.07 bits per heavy atom. The van der Waals surface area contributed by atoms with Gasteiger partial charge in [0.15, 0.2) is 0 Å². The van der Waals surface area contributed by atoms with Crippen LogP contribution in [0.1, 0.15) is 46.5 Å². The number of carbonyl (C=O) groups is 1. The first-order valence-electron chi connectivity index (χ1n) is 6.02. The molecule has 0 saturated carbocycles. The van der Waals surface area contributed by atoms with E-state index in [4.69, 9.17) is 9.90 Å². The maximum Gasteiger partial charge on any atom is 0.300 e. The molecule has 0 spiro atoms. The van der Waals surface area contributed by atoms with Crippen LogP contribution in [0, 0.1) is 5.92 Å². The van der Waals surface area contributed by atoms with Gasteiger partial charge < -0.3 is 10.0 Å². The van der Waals surface area contributed by atoms with E-state index < -0.39 is 5.97 Å². The SMILES string of the molecule is CC(=O)O.CCCC1CCCN(CC)C1. The van der Waals surface area contributed by atoms with E-state index in [1.807, 2.05) is 0 Å². The van der Waals surface area contributed by atoms with Crippen molar-refractivity contribution >= 4 is 5.97 Å². The van der Waals surface area contributed by atoms with Crippen molar-refractivity contribution in [2.45, 2.75) is 46.5 Å². The molecule has 1 rings (SSSR count). The first-order chi connectivity index (χ1) is 7.10. The summed E-state index contributed by atoms with van der Waals surface area (Å²) in [6.45, 7) is 9.61. The first-order valence-corrected chi connectivity index (χ1v) is 6.02. The minimum atomic E-state index is -0.833. The van der Waals surface area contributed by atoms with Gasteiger partial charge in [0.05, 0.1) is 0 Å². The van der Waals surface area contributed by atoms with Gasteiger partial charge in [-0.05, 0) is 38.3 Å². The molecule has 0 aromatic heterocycles. The number of nitrogens with zero attached hydrogens (tertiary/aromatic N) is 1. The van der Waals surface area contributed by atoms with Crippen LogP contribution >= 0.6 is 0 Å². The molecule has 1 N–H and O–H groups in total. The van der Waals surface area contributed by atoms with Crippen molar-refractivity contribution in [1.82, 2.24) is 4.90 Å². The molecule has 3 nitrogen and oxygen atoms in total. The third kappa shape index (κ3) is 8.43. The molecular formula is C12H25NO2. The molecule has 1 atom stereocenters. The smallest absolute Gasteiger partial charge is 0.300 e. The summed E-state index contributed by atoms with van der Waals surface area (Å²) >= 11 is 0. The summed E-state index contributed by atoms with van der Waals surface area (Å²) in [5, 5.41) is 7.42. The molecule has 1 heterocycles. The Bertz CT molecular complexity index is 165. The zero-order valence-corrected chi connectivity index (χ0v) is 10.3. The predicted molar refractivity (Wildman–Crippen MR) is 63.1 cm³/mol. The number of aliphatic carboxylic acids is 1. The van der Waals surface area contributed by atoms with Crippen LogP contribution in [0.25, 0.3) is 0 Å². The zero-order valence-electron chi connectivity index (χ0n) is 10.3. The lowest BCUT2D eigenvalue weighted by Crippen LogP contribution is -2.34. The monoisotopic (exact) mass is 215 g/mol. The van der Waals surface area contributed by atoms with Crippen LogP contribution in [0.5, 0.6) is 0 Å². The molecule has 0 aliphatic carbocycles. The van der Waals surface area contributed by atoms with E-state index in [-0.39, 0.29) is 0 Å². The van der Waals surface area contributed by atoms with Crippen molar-refractivity contribution < 1.29 is 9.90 Å². The number of carboxylic acids is 1. The van der Waals surface area contributed by atoms with Crippen molar-refractivity contribution in [3.8, 4) is 0 Å². The average molecular weight is 215 g/mol. The Labute approximate surface area is 93.5 Å². The van der Waals surface area contributed by atoms with E-state index in [0.717, 1.165) is 12.8 Å². The summed E-state index contributed by atoms with van der Waals surface area (Å²) in [4.78, 5) is 11.6. The summed E-state index contributed by atoms with van der Waals surface area (Å²) in [6, 6.07) is 0. The summed E-state index contributed by atoms with van der Waals surface area (Å²) in [5.74, 6) is 0.175. The third-order valence-electron chi connectivity index (χ3n) is 2.75. The van der Waals surface area contributed by atoms with E-state index in [1.54, 1.807) is 0 Å². The molecule has 1 saturated heterocycles. The molecule has 0 radical (unpaired) electrons. The second-order valence-corrected chi connectivity index (χ2v) is 4.21. The molecule has 1 fully saturated rings. The second kappa shape index (κ2) is 8.72.